The second kappa shape index (κ2) is 8.69. The molecule has 0 spiro atoms. The van der Waals surface area contributed by atoms with Crippen molar-refractivity contribution in [3.63, 3.8) is 0 Å². The lowest BCUT2D eigenvalue weighted by Crippen LogP contribution is -2.37. The van der Waals surface area contributed by atoms with Crippen LogP contribution in [-0.2, 0) is 16.1 Å². The molecule has 10 heteroatoms. The van der Waals surface area contributed by atoms with E-state index in [1.54, 1.807) is 4.68 Å². The molecule has 0 aromatic carbocycles. The Morgan fingerprint density at radius 2 is 2.36 bits per heavy atom. The first-order chi connectivity index (χ1) is 10.7. The molecule has 0 unspecified atom stereocenters. The van der Waals surface area contributed by atoms with E-state index in [-0.39, 0.29) is 18.4 Å². The largest absolute Gasteiger partial charge is 0.376 e. The molecule has 2 heterocycles. The minimum Gasteiger partial charge on any atom is -0.376 e. The molecule has 22 heavy (non-hydrogen) atoms. The maximum atomic E-state index is 11.4. The first kappa shape index (κ1) is 16.7. The Morgan fingerprint density at radius 1 is 1.50 bits per heavy atom. The molecule has 1 aromatic rings. The van der Waals surface area contributed by atoms with Gasteiger partial charge in [-0.2, -0.15) is 0 Å². The molecule has 2 N–H and O–H groups in total. The summed E-state index contributed by atoms with van der Waals surface area (Å²) in [5, 5.41) is 16.9. The Kier molecular flexibility index (Phi) is 6.59. The molecule has 0 saturated carbocycles. The molecular weight excluding hydrogens is 308 g/mol. The van der Waals surface area contributed by atoms with Crippen molar-refractivity contribution >= 4 is 23.7 Å². The van der Waals surface area contributed by atoms with Crippen LogP contribution in [0.4, 0.5) is 4.79 Å². The fourth-order valence-corrected chi connectivity index (χ4v) is 2.87. The smallest absolute Gasteiger partial charge is 0.321 e. The summed E-state index contributed by atoms with van der Waals surface area (Å²) in [6.07, 6.45) is 3.22. The highest BCUT2D eigenvalue weighted by atomic mass is 32.2. The van der Waals surface area contributed by atoms with Gasteiger partial charge in [0.05, 0.1) is 12.6 Å². The minimum absolute atomic E-state index is 0.182. The van der Waals surface area contributed by atoms with Crippen LogP contribution < -0.4 is 10.6 Å². The van der Waals surface area contributed by atoms with Crippen LogP contribution in [0.5, 0.6) is 0 Å². The van der Waals surface area contributed by atoms with Crippen LogP contribution in [0.1, 0.15) is 25.7 Å². The number of thioether (sulfide) groups is 1. The van der Waals surface area contributed by atoms with E-state index in [2.05, 4.69) is 26.2 Å². The van der Waals surface area contributed by atoms with E-state index < -0.39 is 6.03 Å². The Hall–Kier alpha value is -1.68. The number of nitrogens with one attached hydrogen (secondary N) is 2. The van der Waals surface area contributed by atoms with Gasteiger partial charge in [0.15, 0.2) is 0 Å². The highest BCUT2D eigenvalue weighted by Crippen LogP contribution is 2.19. The van der Waals surface area contributed by atoms with Gasteiger partial charge in [-0.1, -0.05) is 11.8 Å². The molecule has 1 aliphatic heterocycles. The molecule has 0 bridgehead atoms. The SMILES string of the molecule is CNC(=O)NC(=O)CCCSc1nnnn1C[C@@H]1CCCO1. The molecule has 1 aromatic heterocycles. The Bertz CT molecular complexity index is 503. The van der Waals surface area contributed by atoms with Crippen molar-refractivity contribution in [2.75, 3.05) is 19.4 Å². The van der Waals surface area contributed by atoms with Gasteiger partial charge in [0.2, 0.25) is 11.1 Å². The number of imide groups is 1. The summed E-state index contributed by atoms with van der Waals surface area (Å²) in [5.74, 6) is 0.409. The molecule has 0 aliphatic carbocycles. The van der Waals surface area contributed by atoms with E-state index >= 15 is 0 Å². The highest BCUT2D eigenvalue weighted by molar-refractivity contribution is 7.99. The fraction of sp³-hybridized carbons (Fsp3) is 0.750. The van der Waals surface area contributed by atoms with Gasteiger partial charge in [0.25, 0.3) is 0 Å². The molecular formula is C12H20N6O3S. The van der Waals surface area contributed by atoms with E-state index in [1.807, 2.05) is 0 Å². The summed E-state index contributed by atoms with van der Waals surface area (Å²) in [6, 6.07) is -0.488. The van der Waals surface area contributed by atoms with Gasteiger partial charge < -0.3 is 10.1 Å². The molecule has 0 radical (unpaired) electrons. The van der Waals surface area contributed by atoms with Crippen LogP contribution in [0.3, 0.4) is 0 Å². The van der Waals surface area contributed by atoms with Gasteiger partial charge in [-0.15, -0.1) is 5.10 Å². The van der Waals surface area contributed by atoms with Crippen LogP contribution in [0, 0.1) is 0 Å². The number of nitrogens with zero attached hydrogens (tertiary/aromatic N) is 4. The zero-order valence-corrected chi connectivity index (χ0v) is 13.3. The van der Waals surface area contributed by atoms with E-state index in [9.17, 15) is 9.59 Å². The standard InChI is InChI=1S/C12H20N6O3S/c1-13-11(20)14-10(19)5-3-7-22-12-15-16-17-18(12)8-9-4-2-6-21-9/h9H,2-8H2,1H3,(H2,13,14,19,20)/t9-/m0/s1. The zero-order valence-electron chi connectivity index (χ0n) is 12.4. The molecule has 3 amide bonds. The normalized spacial score (nSPS) is 17.4. The van der Waals surface area contributed by atoms with Crippen LogP contribution >= 0.6 is 11.8 Å². The average Bonchev–Trinajstić information content (AvgIpc) is 3.16. The summed E-state index contributed by atoms with van der Waals surface area (Å²) in [5.41, 5.74) is 0. The van der Waals surface area contributed by atoms with Gasteiger partial charge in [0, 0.05) is 25.8 Å². The predicted octanol–water partition coefficient (Wildman–Crippen LogP) is 0.180. The second-order valence-electron chi connectivity index (χ2n) is 4.86. The van der Waals surface area contributed by atoms with Gasteiger partial charge in [0.1, 0.15) is 0 Å². The molecule has 1 atom stereocenters. The highest BCUT2D eigenvalue weighted by Gasteiger charge is 2.18. The summed E-state index contributed by atoms with van der Waals surface area (Å²) in [7, 11) is 1.46. The minimum atomic E-state index is -0.488. The first-order valence-electron chi connectivity index (χ1n) is 7.21. The van der Waals surface area contributed by atoms with Crippen molar-refractivity contribution in [2.24, 2.45) is 0 Å². The number of rotatable bonds is 7. The number of hydrogen-bond acceptors (Lipinski definition) is 7. The van der Waals surface area contributed by atoms with Crippen molar-refractivity contribution < 1.29 is 14.3 Å². The fourth-order valence-electron chi connectivity index (χ4n) is 2.04. The van der Waals surface area contributed by atoms with Gasteiger partial charge >= 0.3 is 6.03 Å². The first-order valence-corrected chi connectivity index (χ1v) is 8.19. The lowest BCUT2D eigenvalue weighted by molar-refractivity contribution is -0.120. The number of amides is 3. The van der Waals surface area contributed by atoms with E-state index in [0.29, 0.717) is 18.7 Å². The molecule has 9 nitrogen and oxygen atoms in total. The summed E-state index contributed by atoms with van der Waals surface area (Å²) in [4.78, 5) is 22.4. The van der Waals surface area contributed by atoms with Crippen LogP contribution in [0.15, 0.2) is 5.16 Å². The number of aromatic nitrogens is 4. The third kappa shape index (κ3) is 5.26. The van der Waals surface area contributed by atoms with Crippen molar-refractivity contribution in [2.45, 2.75) is 43.5 Å². The Labute approximate surface area is 132 Å². The summed E-state index contributed by atoms with van der Waals surface area (Å²) >= 11 is 1.49. The number of tetrazole rings is 1. The van der Waals surface area contributed by atoms with Crippen molar-refractivity contribution in [3.8, 4) is 0 Å². The Morgan fingerprint density at radius 3 is 3.09 bits per heavy atom. The zero-order chi connectivity index (χ0) is 15.8. The summed E-state index contributed by atoms with van der Waals surface area (Å²) in [6.45, 7) is 1.46. The van der Waals surface area contributed by atoms with Crippen LogP contribution in [-0.4, -0.2) is 57.7 Å². The maximum absolute atomic E-state index is 11.4. The van der Waals surface area contributed by atoms with E-state index in [1.165, 1.54) is 18.8 Å². The molecule has 1 aliphatic rings. The van der Waals surface area contributed by atoms with Gasteiger partial charge in [-0.3, -0.25) is 10.1 Å². The van der Waals surface area contributed by atoms with Gasteiger partial charge in [-0.05, 0) is 29.7 Å². The molecule has 122 valence electrons. The number of hydrogen-bond donors (Lipinski definition) is 2. The third-order valence-electron chi connectivity index (χ3n) is 3.16. The quantitative estimate of drug-likeness (QED) is 0.542. The summed E-state index contributed by atoms with van der Waals surface area (Å²) < 4.78 is 7.31. The number of carbonyl (C=O) groups excluding carboxylic acids is 2. The Balaban J connectivity index is 1.67. The third-order valence-corrected chi connectivity index (χ3v) is 4.20. The maximum Gasteiger partial charge on any atom is 0.321 e. The van der Waals surface area contributed by atoms with Crippen LogP contribution in [0.2, 0.25) is 0 Å². The molecule has 1 fully saturated rings. The van der Waals surface area contributed by atoms with Crippen LogP contribution in [0.25, 0.3) is 0 Å². The molecule has 1 saturated heterocycles. The average molecular weight is 328 g/mol. The van der Waals surface area contributed by atoms with E-state index in [4.69, 9.17) is 4.74 Å². The predicted molar refractivity (Wildman–Crippen MR) is 79.3 cm³/mol. The van der Waals surface area contributed by atoms with Crippen molar-refractivity contribution in [1.29, 1.82) is 0 Å². The second-order valence-corrected chi connectivity index (χ2v) is 5.92. The monoisotopic (exact) mass is 328 g/mol. The van der Waals surface area contributed by atoms with Crippen molar-refractivity contribution in [3.05, 3.63) is 0 Å². The number of carbonyl (C=O) groups is 2. The number of ether oxygens (including phenoxy) is 1. The number of urea groups is 1. The van der Waals surface area contributed by atoms with E-state index in [0.717, 1.165) is 24.6 Å². The van der Waals surface area contributed by atoms with Gasteiger partial charge in [-0.25, -0.2) is 9.48 Å². The molecule has 2 rings (SSSR count). The van der Waals surface area contributed by atoms with Crippen molar-refractivity contribution in [1.82, 2.24) is 30.8 Å². The topological polar surface area (TPSA) is 111 Å². The lowest BCUT2D eigenvalue weighted by Gasteiger charge is -2.09. The lowest BCUT2D eigenvalue weighted by atomic mass is 10.2.